The second-order valence-corrected chi connectivity index (χ2v) is 4.48. The highest BCUT2D eigenvalue weighted by atomic mass is 79.9. The molecule has 0 atom stereocenters. The van der Waals surface area contributed by atoms with Gasteiger partial charge in [-0.2, -0.15) is 0 Å². The maximum atomic E-state index is 5.77. The van der Waals surface area contributed by atoms with Gasteiger partial charge in [0.1, 0.15) is 0 Å². The maximum Gasteiger partial charge on any atom is 0.0318 e. The standard InChI is InChI=1S/C13H17BrN2/c1-3-7-16(8-4-2)10-11-9-12(15)5-6-13(11)14/h3-6,9H,1-2,7-8,10,15H2. The minimum atomic E-state index is 0.787. The lowest BCUT2D eigenvalue weighted by atomic mass is 10.2. The van der Waals surface area contributed by atoms with Crippen molar-refractivity contribution >= 4 is 21.6 Å². The van der Waals surface area contributed by atoms with Gasteiger partial charge in [-0.05, 0) is 23.8 Å². The second kappa shape index (κ2) is 6.51. The van der Waals surface area contributed by atoms with Gasteiger partial charge >= 0.3 is 0 Å². The summed E-state index contributed by atoms with van der Waals surface area (Å²) in [6.07, 6.45) is 3.79. The van der Waals surface area contributed by atoms with E-state index in [0.29, 0.717) is 0 Å². The average Bonchev–Trinajstić information content (AvgIpc) is 2.24. The Morgan fingerprint density at radius 1 is 1.25 bits per heavy atom. The van der Waals surface area contributed by atoms with Crippen LogP contribution in [0.4, 0.5) is 5.69 Å². The summed E-state index contributed by atoms with van der Waals surface area (Å²) in [6.45, 7) is 10.0. The van der Waals surface area contributed by atoms with Crippen molar-refractivity contribution < 1.29 is 0 Å². The Bertz CT molecular complexity index is 364. The van der Waals surface area contributed by atoms with Gasteiger partial charge in [0.2, 0.25) is 0 Å². The van der Waals surface area contributed by atoms with Crippen LogP contribution in [0.15, 0.2) is 48.0 Å². The summed E-state index contributed by atoms with van der Waals surface area (Å²) in [5.74, 6) is 0. The van der Waals surface area contributed by atoms with Crippen molar-refractivity contribution in [3.63, 3.8) is 0 Å². The van der Waals surface area contributed by atoms with Crippen molar-refractivity contribution in [2.24, 2.45) is 0 Å². The van der Waals surface area contributed by atoms with Crippen molar-refractivity contribution in [2.75, 3.05) is 18.8 Å². The quantitative estimate of drug-likeness (QED) is 0.641. The molecule has 16 heavy (non-hydrogen) atoms. The van der Waals surface area contributed by atoms with Gasteiger partial charge in [0.05, 0.1) is 0 Å². The number of hydrogen-bond acceptors (Lipinski definition) is 2. The molecule has 86 valence electrons. The largest absolute Gasteiger partial charge is 0.399 e. The molecule has 0 heterocycles. The van der Waals surface area contributed by atoms with Crippen molar-refractivity contribution in [1.82, 2.24) is 4.90 Å². The van der Waals surface area contributed by atoms with E-state index in [0.717, 1.165) is 29.8 Å². The van der Waals surface area contributed by atoms with Crippen molar-refractivity contribution in [1.29, 1.82) is 0 Å². The molecule has 0 saturated carbocycles. The molecule has 3 heteroatoms. The number of halogens is 1. The van der Waals surface area contributed by atoms with Crippen LogP contribution >= 0.6 is 15.9 Å². The number of rotatable bonds is 6. The Morgan fingerprint density at radius 2 is 1.88 bits per heavy atom. The normalized spacial score (nSPS) is 10.4. The fourth-order valence-electron chi connectivity index (χ4n) is 1.53. The van der Waals surface area contributed by atoms with Gasteiger partial charge in [0.25, 0.3) is 0 Å². The van der Waals surface area contributed by atoms with Crippen LogP contribution in [0.1, 0.15) is 5.56 Å². The summed E-state index contributed by atoms with van der Waals surface area (Å²) < 4.78 is 1.08. The molecular formula is C13H17BrN2. The molecule has 0 aliphatic carbocycles. The number of benzene rings is 1. The van der Waals surface area contributed by atoms with Gasteiger partial charge in [-0.1, -0.05) is 28.1 Å². The first-order chi connectivity index (χ1) is 7.67. The highest BCUT2D eigenvalue weighted by molar-refractivity contribution is 9.10. The lowest BCUT2D eigenvalue weighted by molar-refractivity contribution is 0.327. The van der Waals surface area contributed by atoms with E-state index in [9.17, 15) is 0 Å². The van der Waals surface area contributed by atoms with Crippen LogP contribution in [0, 0.1) is 0 Å². The van der Waals surface area contributed by atoms with E-state index < -0.39 is 0 Å². The Kier molecular flexibility index (Phi) is 5.29. The fraction of sp³-hybridized carbons (Fsp3) is 0.231. The molecule has 0 fully saturated rings. The second-order valence-electron chi connectivity index (χ2n) is 3.62. The molecule has 0 aliphatic heterocycles. The molecule has 1 aromatic carbocycles. The zero-order chi connectivity index (χ0) is 12.0. The van der Waals surface area contributed by atoms with E-state index >= 15 is 0 Å². The third-order valence-corrected chi connectivity index (χ3v) is 3.01. The Hall–Kier alpha value is -1.06. The number of hydrogen-bond donors (Lipinski definition) is 1. The first kappa shape index (κ1) is 13.0. The predicted molar refractivity (Wildman–Crippen MR) is 74.2 cm³/mol. The van der Waals surface area contributed by atoms with Gasteiger partial charge in [0.15, 0.2) is 0 Å². The van der Waals surface area contributed by atoms with Gasteiger partial charge in [-0.25, -0.2) is 0 Å². The van der Waals surface area contributed by atoms with Crippen LogP contribution in [0.5, 0.6) is 0 Å². The van der Waals surface area contributed by atoms with E-state index in [4.69, 9.17) is 5.73 Å². The van der Waals surface area contributed by atoms with E-state index in [2.05, 4.69) is 34.0 Å². The molecule has 0 radical (unpaired) electrons. The number of anilines is 1. The summed E-state index contributed by atoms with van der Waals surface area (Å²) in [5.41, 5.74) is 7.74. The highest BCUT2D eigenvalue weighted by Gasteiger charge is 2.06. The molecule has 0 unspecified atom stereocenters. The minimum absolute atomic E-state index is 0.787. The third kappa shape index (κ3) is 3.83. The van der Waals surface area contributed by atoms with E-state index in [1.807, 2.05) is 30.4 Å². The van der Waals surface area contributed by atoms with E-state index in [1.54, 1.807) is 0 Å². The molecule has 0 saturated heterocycles. The molecule has 1 aromatic rings. The summed E-state index contributed by atoms with van der Waals surface area (Å²) >= 11 is 3.53. The zero-order valence-electron chi connectivity index (χ0n) is 9.32. The number of nitrogens with two attached hydrogens (primary N) is 1. The fourth-order valence-corrected chi connectivity index (χ4v) is 1.90. The topological polar surface area (TPSA) is 29.3 Å². The maximum absolute atomic E-state index is 5.77. The Balaban J connectivity index is 2.79. The van der Waals surface area contributed by atoms with Crippen LogP contribution in [0.2, 0.25) is 0 Å². The number of nitrogen functional groups attached to an aromatic ring is 1. The van der Waals surface area contributed by atoms with Gasteiger partial charge in [-0.3, -0.25) is 4.90 Å². The smallest absolute Gasteiger partial charge is 0.0318 e. The Labute approximate surface area is 106 Å². The van der Waals surface area contributed by atoms with E-state index in [-0.39, 0.29) is 0 Å². The summed E-state index contributed by atoms with van der Waals surface area (Å²) in [5, 5.41) is 0. The highest BCUT2D eigenvalue weighted by Crippen LogP contribution is 2.21. The lowest BCUT2D eigenvalue weighted by Gasteiger charge is -2.19. The van der Waals surface area contributed by atoms with Gasteiger partial charge in [0, 0.05) is 29.8 Å². The van der Waals surface area contributed by atoms with Crippen LogP contribution in [-0.2, 0) is 6.54 Å². The molecule has 0 aliphatic rings. The predicted octanol–water partition coefficient (Wildman–Crippen LogP) is 3.21. The molecule has 0 aromatic heterocycles. The summed E-state index contributed by atoms with van der Waals surface area (Å²) in [6, 6.07) is 5.85. The third-order valence-electron chi connectivity index (χ3n) is 2.24. The molecule has 0 amide bonds. The zero-order valence-corrected chi connectivity index (χ0v) is 10.9. The molecule has 0 spiro atoms. The van der Waals surface area contributed by atoms with Crippen molar-refractivity contribution in [3.8, 4) is 0 Å². The summed E-state index contributed by atoms with van der Waals surface area (Å²) in [4.78, 5) is 2.24. The van der Waals surface area contributed by atoms with Crippen LogP contribution in [0.25, 0.3) is 0 Å². The molecule has 1 rings (SSSR count). The van der Waals surface area contributed by atoms with Crippen LogP contribution < -0.4 is 5.73 Å². The van der Waals surface area contributed by atoms with Crippen molar-refractivity contribution in [3.05, 3.63) is 53.5 Å². The minimum Gasteiger partial charge on any atom is -0.399 e. The average molecular weight is 281 g/mol. The molecular weight excluding hydrogens is 264 g/mol. The van der Waals surface area contributed by atoms with Gasteiger partial charge < -0.3 is 5.73 Å². The van der Waals surface area contributed by atoms with Crippen LogP contribution in [0.3, 0.4) is 0 Å². The monoisotopic (exact) mass is 280 g/mol. The molecule has 0 bridgehead atoms. The molecule has 2 N–H and O–H groups in total. The number of nitrogens with zero attached hydrogens (tertiary/aromatic N) is 1. The summed E-state index contributed by atoms with van der Waals surface area (Å²) in [7, 11) is 0. The lowest BCUT2D eigenvalue weighted by Crippen LogP contribution is -2.23. The van der Waals surface area contributed by atoms with Crippen molar-refractivity contribution in [2.45, 2.75) is 6.54 Å². The van der Waals surface area contributed by atoms with Gasteiger partial charge in [-0.15, -0.1) is 13.2 Å². The first-order valence-corrected chi connectivity index (χ1v) is 5.94. The van der Waals surface area contributed by atoms with E-state index in [1.165, 1.54) is 5.56 Å². The van der Waals surface area contributed by atoms with Crippen LogP contribution in [-0.4, -0.2) is 18.0 Å². The Morgan fingerprint density at radius 3 is 2.44 bits per heavy atom. The first-order valence-electron chi connectivity index (χ1n) is 5.15. The molecule has 2 nitrogen and oxygen atoms in total. The SMILES string of the molecule is C=CCN(CC=C)Cc1cc(N)ccc1Br.